The molecule has 4 rings (SSSR count). The summed E-state index contributed by atoms with van der Waals surface area (Å²) in [5.41, 5.74) is 2.67. The number of piperidine rings is 1. The Morgan fingerprint density at radius 3 is 2.77 bits per heavy atom. The van der Waals surface area contributed by atoms with Gasteiger partial charge in [0.1, 0.15) is 0 Å². The van der Waals surface area contributed by atoms with Gasteiger partial charge in [-0.1, -0.05) is 25.1 Å². The number of hydrogen-bond donors (Lipinski definition) is 0. The van der Waals surface area contributed by atoms with Crippen LogP contribution in [0.1, 0.15) is 55.1 Å². The first-order valence-corrected chi connectivity index (χ1v) is 9.78. The summed E-state index contributed by atoms with van der Waals surface area (Å²) in [5, 5.41) is 8.69. The van der Waals surface area contributed by atoms with Crippen molar-refractivity contribution in [2.24, 2.45) is 0 Å². The van der Waals surface area contributed by atoms with Crippen LogP contribution in [0.15, 0.2) is 36.4 Å². The van der Waals surface area contributed by atoms with Gasteiger partial charge in [-0.15, -0.1) is 10.2 Å². The quantitative estimate of drug-likeness (QED) is 0.844. The van der Waals surface area contributed by atoms with E-state index in [1.165, 1.54) is 24.8 Å². The number of anilines is 2. The van der Waals surface area contributed by atoms with Gasteiger partial charge in [0.15, 0.2) is 11.5 Å². The Kier molecular flexibility index (Phi) is 4.87. The molecule has 0 aliphatic carbocycles. The minimum Gasteiger partial charge on any atom is -0.352 e. The molecular formula is C21H26N4O. The summed E-state index contributed by atoms with van der Waals surface area (Å²) in [6.07, 6.45) is 6.82. The predicted octanol–water partition coefficient (Wildman–Crippen LogP) is 3.84. The van der Waals surface area contributed by atoms with Crippen molar-refractivity contribution >= 4 is 17.4 Å². The van der Waals surface area contributed by atoms with Crippen molar-refractivity contribution in [3.05, 3.63) is 47.7 Å². The molecule has 1 saturated heterocycles. The molecule has 136 valence electrons. The first-order valence-electron chi connectivity index (χ1n) is 9.78. The van der Waals surface area contributed by atoms with Crippen molar-refractivity contribution < 1.29 is 4.79 Å². The molecule has 0 saturated carbocycles. The van der Waals surface area contributed by atoms with Crippen molar-refractivity contribution in [3.63, 3.8) is 0 Å². The lowest BCUT2D eigenvalue weighted by Crippen LogP contribution is -2.40. The number of amides is 1. The van der Waals surface area contributed by atoms with Gasteiger partial charge in [0, 0.05) is 24.8 Å². The summed E-state index contributed by atoms with van der Waals surface area (Å²) < 4.78 is 0. The second kappa shape index (κ2) is 7.44. The molecule has 2 aliphatic heterocycles. The Bertz CT molecular complexity index is 774. The van der Waals surface area contributed by atoms with E-state index in [1.54, 1.807) is 0 Å². The summed E-state index contributed by atoms with van der Waals surface area (Å²) in [6, 6.07) is 12.5. The van der Waals surface area contributed by atoms with Crippen LogP contribution >= 0.6 is 0 Å². The van der Waals surface area contributed by atoms with Gasteiger partial charge in [-0.25, -0.2) is 0 Å². The van der Waals surface area contributed by atoms with Crippen molar-refractivity contribution in [3.8, 4) is 0 Å². The summed E-state index contributed by atoms with van der Waals surface area (Å²) in [5.74, 6) is 0.842. The highest BCUT2D eigenvalue weighted by Crippen LogP contribution is 2.28. The highest BCUT2D eigenvalue weighted by Gasteiger charge is 2.26. The largest absolute Gasteiger partial charge is 0.352 e. The van der Waals surface area contributed by atoms with E-state index >= 15 is 0 Å². The number of carbonyl (C=O) groups is 1. The van der Waals surface area contributed by atoms with Gasteiger partial charge in [-0.05, 0) is 62.3 Å². The number of benzene rings is 1. The van der Waals surface area contributed by atoms with Crippen LogP contribution in [0, 0.1) is 0 Å². The minimum atomic E-state index is -0.0538. The lowest BCUT2D eigenvalue weighted by Gasteiger charge is -2.35. The van der Waals surface area contributed by atoms with Gasteiger partial charge < -0.3 is 9.80 Å². The fraction of sp³-hybridized carbons (Fsp3) is 0.476. The molecule has 0 N–H and O–H groups in total. The van der Waals surface area contributed by atoms with Crippen LogP contribution in [-0.4, -0.2) is 35.2 Å². The first-order chi connectivity index (χ1) is 12.8. The molecule has 1 amide bonds. The normalized spacial score (nSPS) is 20.0. The minimum absolute atomic E-state index is 0.0538. The van der Waals surface area contributed by atoms with Crippen LogP contribution in [-0.2, 0) is 6.42 Å². The van der Waals surface area contributed by atoms with E-state index in [1.807, 2.05) is 35.2 Å². The molecule has 2 aliphatic rings. The molecule has 5 heteroatoms. The molecule has 1 aromatic heterocycles. The second-order valence-corrected chi connectivity index (χ2v) is 7.22. The van der Waals surface area contributed by atoms with Gasteiger partial charge in [0.05, 0.1) is 0 Å². The van der Waals surface area contributed by atoms with E-state index in [2.05, 4.69) is 28.1 Å². The molecular weight excluding hydrogens is 324 g/mol. The molecule has 1 fully saturated rings. The van der Waals surface area contributed by atoms with Gasteiger partial charge in [0.2, 0.25) is 0 Å². The number of para-hydroxylation sites is 1. The maximum Gasteiger partial charge on any atom is 0.278 e. The van der Waals surface area contributed by atoms with E-state index in [4.69, 9.17) is 0 Å². The van der Waals surface area contributed by atoms with Gasteiger partial charge in [-0.3, -0.25) is 4.79 Å². The van der Waals surface area contributed by atoms with E-state index < -0.39 is 0 Å². The Balaban J connectivity index is 1.55. The third kappa shape index (κ3) is 3.18. The molecule has 0 bridgehead atoms. The summed E-state index contributed by atoms with van der Waals surface area (Å²) >= 11 is 0. The summed E-state index contributed by atoms with van der Waals surface area (Å²) in [7, 11) is 0. The Labute approximate surface area is 155 Å². The monoisotopic (exact) mass is 350 g/mol. The molecule has 26 heavy (non-hydrogen) atoms. The Morgan fingerprint density at radius 2 is 1.96 bits per heavy atom. The lowest BCUT2D eigenvalue weighted by atomic mass is 10.00. The third-order valence-electron chi connectivity index (χ3n) is 5.62. The van der Waals surface area contributed by atoms with Crippen molar-refractivity contribution in [2.45, 2.75) is 51.5 Å². The smallest absolute Gasteiger partial charge is 0.278 e. The van der Waals surface area contributed by atoms with E-state index in [0.717, 1.165) is 43.9 Å². The standard InChI is InChI=1S/C21H26N4O/c1-2-17-10-5-6-14-24(17)20-13-12-18(22-23-20)21(26)25-15-7-9-16-8-3-4-11-19(16)25/h3-4,8,11-13,17H,2,5-7,9-10,14-15H2,1H3. The zero-order chi connectivity index (χ0) is 17.9. The zero-order valence-corrected chi connectivity index (χ0v) is 15.4. The Hall–Kier alpha value is -2.43. The molecule has 2 aromatic rings. The molecule has 3 heterocycles. The Morgan fingerprint density at radius 1 is 1.08 bits per heavy atom. The molecule has 0 spiro atoms. The average molecular weight is 350 g/mol. The third-order valence-corrected chi connectivity index (χ3v) is 5.62. The van der Waals surface area contributed by atoms with Crippen LogP contribution in [0.25, 0.3) is 0 Å². The summed E-state index contributed by atoms with van der Waals surface area (Å²) in [6.45, 7) is 3.99. The zero-order valence-electron chi connectivity index (χ0n) is 15.4. The number of nitrogens with zero attached hydrogens (tertiary/aromatic N) is 4. The average Bonchev–Trinajstić information content (AvgIpc) is 2.73. The van der Waals surface area contributed by atoms with Gasteiger partial charge in [-0.2, -0.15) is 0 Å². The van der Waals surface area contributed by atoms with Crippen molar-refractivity contribution in [1.29, 1.82) is 0 Å². The number of rotatable bonds is 3. The van der Waals surface area contributed by atoms with Gasteiger partial charge >= 0.3 is 0 Å². The number of fused-ring (bicyclic) bond motifs is 1. The topological polar surface area (TPSA) is 49.3 Å². The SMILES string of the molecule is CCC1CCCCN1c1ccc(C(=O)N2CCCc3ccccc32)nn1. The maximum atomic E-state index is 13.0. The van der Waals surface area contributed by atoms with Crippen molar-refractivity contribution in [1.82, 2.24) is 10.2 Å². The summed E-state index contributed by atoms with van der Waals surface area (Å²) in [4.78, 5) is 17.2. The van der Waals surface area contributed by atoms with Crippen molar-refractivity contribution in [2.75, 3.05) is 22.9 Å². The predicted molar refractivity (Wildman–Crippen MR) is 104 cm³/mol. The van der Waals surface area contributed by atoms with E-state index in [-0.39, 0.29) is 5.91 Å². The second-order valence-electron chi connectivity index (χ2n) is 7.22. The number of aryl methyl sites for hydroxylation is 1. The maximum absolute atomic E-state index is 13.0. The number of carbonyl (C=O) groups excluding carboxylic acids is 1. The van der Waals surface area contributed by atoms with Crippen LogP contribution in [0.3, 0.4) is 0 Å². The highest BCUT2D eigenvalue weighted by atomic mass is 16.2. The lowest BCUT2D eigenvalue weighted by molar-refractivity contribution is 0.0979. The molecule has 1 aromatic carbocycles. The van der Waals surface area contributed by atoms with Gasteiger partial charge in [0.25, 0.3) is 5.91 Å². The molecule has 1 unspecified atom stereocenters. The number of aromatic nitrogens is 2. The first kappa shape index (κ1) is 17.0. The number of hydrogen-bond acceptors (Lipinski definition) is 4. The van der Waals surface area contributed by atoms with Crippen LogP contribution < -0.4 is 9.80 Å². The molecule has 1 atom stereocenters. The van der Waals surface area contributed by atoms with Crippen LogP contribution in [0.2, 0.25) is 0 Å². The van der Waals surface area contributed by atoms with E-state index in [0.29, 0.717) is 11.7 Å². The highest BCUT2D eigenvalue weighted by molar-refractivity contribution is 6.05. The van der Waals surface area contributed by atoms with Crippen LogP contribution in [0.5, 0.6) is 0 Å². The fourth-order valence-corrected chi connectivity index (χ4v) is 4.20. The van der Waals surface area contributed by atoms with Crippen LogP contribution in [0.4, 0.5) is 11.5 Å². The van der Waals surface area contributed by atoms with E-state index in [9.17, 15) is 4.79 Å². The fourth-order valence-electron chi connectivity index (χ4n) is 4.20. The molecule has 5 nitrogen and oxygen atoms in total. The molecule has 0 radical (unpaired) electrons.